The first kappa shape index (κ1) is 14.3. The Kier molecular flexibility index (Phi) is 2.57. The maximum atomic E-state index is 12.0. The highest BCUT2D eigenvalue weighted by Crippen LogP contribution is 2.84. The summed E-state index contributed by atoms with van der Waals surface area (Å²) in [4.78, 5) is 35.4. The molecule has 0 aromatic carbocycles. The number of hydrogen-bond acceptors (Lipinski definition) is 4. The summed E-state index contributed by atoms with van der Waals surface area (Å²) in [7, 11) is 0. The predicted molar refractivity (Wildman–Crippen MR) is 71.2 cm³/mol. The van der Waals surface area contributed by atoms with Crippen LogP contribution in [0.3, 0.4) is 0 Å². The standard InChI is InChI=1S/C14H20N2O5/c1-6(15)9(17)16-14(11(20)21)5-13(3-4-13)8-7(10(18)19)12(8,14)2/h6-8H,3-5,15H2,1-2H3,(H,16,17)(H,18,19)(H,20,21)/t6-,7+,8-,12+,14+/m0/s1. The van der Waals surface area contributed by atoms with E-state index in [0.717, 1.165) is 12.8 Å². The Morgan fingerprint density at radius 2 is 1.86 bits per heavy atom. The lowest BCUT2D eigenvalue weighted by atomic mass is 9.78. The number of carbonyl (C=O) groups is 3. The van der Waals surface area contributed by atoms with E-state index >= 15 is 0 Å². The van der Waals surface area contributed by atoms with Gasteiger partial charge in [-0.05, 0) is 37.5 Å². The van der Waals surface area contributed by atoms with Crippen LogP contribution < -0.4 is 11.1 Å². The van der Waals surface area contributed by atoms with Crippen molar-refractivity contribution < 1.29 is 24.6 Å². The number of carboxylic acids is 2. The van der Waals surface area contributed by atoms with E-state index in [9.17, 15) is 24.6 Å². The van der Waals surface area contributed by atoms with E-state index < -0.39 is 40.8 Å². The maximum absolute atomic E-state index is 12.0. The molecule has 1 amide bonds. The van der Waals surface area contributed by atoms with Crippen LogP contribution >= 0.6 is 0 Å². The maximum Gasteiger partial charge on any atom is 0.330 e. The average molecular weight is 296 g/mol. The van der Waals surface area contributed by atoms with Crippen molar-refractivity contribution in [2.24, 2.45) is 28.4 Å². The summed E-state index contributed by atoms with van der Waals surface area (Å²) >= 11 is 0. The van der Waals surface area contributed by atoms with Crippen molar-refractivity contribution in [1.82, 2.24) is 5.32 Å². The highest BCUT2D eigenvalue weighted by atomic mass is 16.4. The molecule has 3 aliphatic carbocycles. The van der Waals surface area contributed by atoms with Gasteiger partial charge in [-0.1, -0.05) is 6.92 Å². The molecule has 3 fully saturated rings. The summed E-state index contributed by atoms with van der Waals surface area (Å²) in [6.45, 7) is 3.16. The Hall–Kier alpha value is -1.63. The third kappa shape index (κ3) is 1.50. The van der Waals surface area contributed by atoms with Crippen molar-refractivity contribution in [3.05, 3.63) is 0 Å². The van der Waals surface area contributed by atoms with Crippen molar-refractivity contribution in [2.45, 2.75) is 44.7 Å². The van der Waals surface area contributed by atoms with E-state index in [4.69, 9.17) is 5.73 Å². The number of rotatable bonds is 4. The fourth-order valence-corrected chi connectivity index (χ4v) is 4.77. The van der Waals surface area contributed by atoms with Gasteiger partial charge in [-0.3, -0.25) is 9.59 Å². The minimum absolute atomic E-state index is 0.174. The number of amides is 1. The van der Waals surface area contributed by atoms with E-state index in [0.29, 0.717) is 6.42 Å². The molecule has 3 aliphatic rings. The van der Waals surface area contributed by atoms with Crippen LogP contribution in [0.4, 0.5) is 0 Å². The Labute approximate surface area is 121 Å². The van der Waals surface area contributed by atoms with Crippen molar-refractivity contribution >= 4 is 17.8 Å². The molecule has 7 heteroatoms. The lowest BCUT2D eigenvalue weighted by Gasteiger charge is -2.35. The van der Waals surface area contributed by atoms with Crippen molar-refractivity contribution in [3.8, 4) is 0 Å². The lowest BCUT2D eigenvalue weighted by Crippen LogP contribution is -2.62. The van der Waals surface area contributed by atoms with Gasteiger partial charge < -0.3 is 21.3 Å². The number of carbonyl (C=O) groups excluding carboxylic acids is 1. The fraction of sp³-hybridized carbons (Fsp3) is 0.786. The number of aliphatic carboxylic acids is 2. The van der Waals surface area contributed by atoms with Gasteiger partial charge in [-0.2, -0.15) is 0 Å². The summed E-state index contributed by atoms with van der Waals surface area (Å²) in [5, 5.41) is 21.8. The van der Waals surface area contributed by atoms with Crippen LogP contribution in [-0.2, 0) is 14.4 Å². The normalized spacial score (nSPS) is 43.0. The van der Waals surface area contributed by atoms with Gasteiger partial charge in [0.1, 0.15) is 5.54 Å². The minimum atomic E-state index is -1.53. The van der Waals surface area contributed by atoms with Gasteiger partial charge in [0.2, 0.25) is 5.91 Å². The van der Waals surface area contributed by atoms with Crippen LogP contribution in [0, 0.1) is 22.7 Å². The number of carboxylic acid groups (broad SMARTS) is 2. The van der Waals surface area contributed by atoms with Crippen LogP contribution in [-0.4, -0.2) is 39.6 Å². The molecule has 3 saturated carbocycles. The Morgan fingerprint density at radius 1 is 1.29 bits per heavy atom. The molecule has 116 valence electrons. The summed E-state index contributed by atoms with van der Waals surface area (Å²) < 4.78 is 0. The Bertz CT molecular complexity index is 556. The van der Waals surface area contributed by atoms with Gasteiger partial charge in [0.15, 0.2) is 0 Å². The molecule has 0 bridgehead atoms. The van der Waals surface area contributed by atoms with Crippen molar-refractivity contribution in [3.63, 3.8) is 0 Å². The zero-order chi connectivity index (χ0) is 15.8. The van der Waals surface area contributed by atoms with Crippen molar-refractivity contribution in [1.29, 1.82) is 0 Å². The molecular formula is C14H20N2O5. The average Bonchev–Trinajstić information content (AvgIpc) is 3.22. The molecule has 1 spiro atoms. The van der Waals surface area contributed by atoms with E-state index in [2.05, 4.69) is 5.32 Å². The first-order chi connectivity index (χ1) is 9.62. The quantitative estimate of drug-likeness (QED) is 0.568. The van der Waals surface area contributed by atoms with Crippen LogP contribution in [0.1, 0.15) is 33.1 Å². The van der Waals surface area contributed by atoms with Gasteiger partial charge in [0.25, 0.3) is 0 Å². The Balaban J connectivity index is 2.03. The van der Waals surface area contributed by atoms with Crippen molar-refractivity contribution in [2.75, 3.05) is 0 Å². The molecule has 0 unspecified atom stereocenters. The number of fused-ring (bicyclic) bond motifs is 2. The monoisotopic (exact) mass is 296 g/mol. The second-order valence-corrected chi connectivity index (χ2v) is 7.10. The summed E-state index contributed by atoms with van der Waals surface area (Å²) in [6.07, 6.45) is 1.97. The largest absolute Gasteiger partial charge is 0.481 e. The van der Waals surface area contributed by atoms with Gasteiger partial charge in [-0.15, -0.1) is 0 Å². The first-order valence-electron chi connectivity index (χ1n) is 7.16. The van der Waals surface area contributed by atoms with Crippen LogP contribution in [0.5, 0.6) is 0 Å². The highest BCUT2D eigenvalue weighted by Gasteiger charge is 2.89. The minimum Gasteiger partial charge on any atom is -0.481 e. The molecular weight excluding hydrogens is 276 g/mol. The second kappa shape index (κ2) is 3.76. The smallest absolute Gasteiger partial charge is 0.330 e. The van der Waals surface area contributed by atoms with E-state index in [-0.39, 0.29) is 11.3 Å². The molecule has 5 N–H and O–H groups in total. The third-order valence-electron chi connectivity index (χ3n) is 5.99. The molecule has 0 aromatic heterocycles. The number of nitrogens with one attached hydrogen (secondary N) is 1. The zero-order valence-corrected chi connectivity index (χ0v) is 12.0. The van der Waals surface area contributed by atoms with Crippen LogP contribution in [0.15, 0.2) is 0 Å². The summed E-state index contributed by atoms with van der Waals surface area (Å²) in [5.74, 6) is -3.57. The van der Waals surface area contributed by atoms with Gasteiger partial charge in [-0.25, -0.2) is 4.79 Å². The highest BCUT2D eigenvalue weighted by molar-refractivity contribution is 5.93. The summed E-state index contributed by atoms with van der Waals surface area (Å²) in [5.41, 5.74) is 2.83. The first-order valence-corrected chi connectivity index (χ1v) is 7.16. The van der Waals surface area contributed by atoms with Gasteiger partial charge >= 0.3 is 11.9 Å². The summed E-state index contributed by atoms with van der Waals surface area (Å²) in [6, 6.07) is -0.832. The molecule has 7 nitrogen and oxygen atoms in total. The van der Waals surface area contributed by atoms with E-state index in [1.54, 1.807) is 6.92 Å². The van der Waals surface area contributed by atoms with Gasteiger partial charge in [0, 0.05) is 5.41 Å². The molecule has 5 atom stereocenters. The molecule has 0 saturated heterocycles. The van der Waals surface area contributed by atoms with Gasteiger partial charge in [0.05, 0.1) is 12.0 Å². The molecule has 21 heavy (non-hydrogen) atoms. The SMILES string of the molecule is C[C@H](N)C(=O)N[C@@]1(C(=O)O)CC2(CC2)[C@H]2[C@H](C(=O)O)[C@]21C. The molecule has 0 heterocycles. The Morgan fingerprint density at radius 3 is 2.24 bits per heavy atom. The molecule has 0 aliphatic heterocycles. The second-order valence-electron chi connectivity index (χ2n) is 7.10. The molecule has 0 radical (unpaired) electrons. The van der Waals surface area contributed by atoms with E-state index in [1.165, 1.54) is 6.92 Å². The predicted octanol–water partition coefficient (Wildman–Crippen LogP) is -0.206. The van der Waals surface area contributed by atoms with E-state index in [1.807, 2.05) is 0 Å². The van der Waals surface area contributed by atoms with Crippen LogP contribution in [0.25, 0.3) is 0 Å². The fourth-order valence-electron chi connectivity index (χ4n) is 4.77. The third-order valence-corrected chi connectivity index (χ3v) is 5.99. The topological polar surface area (TPSA) is 130 Å². The van der Waals surface area contributed by atoms with Crippen LogP contribution in [0.2, 0.25) is 0 Å². The number of hydrogen-bond donors (Lipinski definition) is 4. The molecule has 0 aromatic rings. The lowest BCUT2D eigenvalue weighted by molar-refractivity contribution is -0.153. The zero-order valence-electron chi connectivity index (χ0n) is 12.0. The number of nitrogens with two attached hydrogens (primary N) is 1. The molecule has 3 rings (SSSR count).